The SMILES string of the molecule is CC(C)(C)[Si](C)(C)O[C@]1(C)C[C@H](n2ccc3cc(O)cnc32)C1. The summed E-state index contributed by atoms with van der Waals surface area (Å²) >= 11 is 0. The van der Waals surface area contributed by atoms with Crippen LogP contribution in [0, 0.1) is 0 Å². The molecule has 0 aliphatic heterocycles. The summed E-state index contributed by atoms with van der Waals surface area (Å²) in [6, 6.07) is 4.22. The van der Waals surface area contributed by atoms with Crippen LogP contribution < -0.4 is 0 Å². The third-order valence-electron chi connectivity index (χ3n) is 5.58. The van der Waals surface area contributed by atoms with Crippen LogP contribution in [-0.2, 0) is 4.43 Å². The highest BCUT2D eigenvalue weighted by molar-refractivity contribution is 6.74. The fourth-order valence-electron chi connectivity index (χ4n) is 3.31. The van der Waals surface area contributed by atoms with Gasteiger partial charge in [0, 0.05) is 17.6 Å². The van der Waals surface area contributed by atoms with Gasteiger partial charge in [0.05, 0.1) is 11.8 Å². The summed E-state index contributed by atoms with van der Waals surface area (Å²) in [6.45, 7) is 13.7. The first-order valence-corrected chi connectivity index (χ1v) is 11.3. The molecule has 1 saturated carbocycles. The van der Waals surface area contributed by atoms with Crippen LogP contribution in [0.5, 0.6) is 5.75 Å². The predicted molar refractivity (Wildman–Crippen MR) is 96.4 cm³/mol. The Morgan fingerprint density at radius 2 is 2.00 bits per heavy atom. The second kappa shape index (κ2) is 5.08. The van der Waals surface area contributed by atoms with Gasteiger partial charge in [-0.25, -0.2) is 4.98 Å². The van der Waals surface area contributed by atoms with Crippen molar-refractivity contribution in [2.45, 2.75) is 70.3 Å². The Labute approximate surface area is 139 Å². The number of fused-ring (bicyclic) bond motifs is 1. The molecule has 0 aromatic carbocycles. The van der Waals surface area contributed by atoms with E-state index in [2.05, 4.69) is 56.5 Å². The molecule has 5 heteroatoms. The van der Waals surface area contributed by atoms with Crippen LogP contribution in [0.2, 0.25) is 18.1 Å². The van der Waals surface area contributed by atoms with Gasteiger partial charge in [0.2, 0.25) is 0 Å². The maximum atomic E-state index is 9.55. The fraction of sp³-hybridized carbons (Fsp3) is 0.611. The van der Waals surface area contributed by atoms with E-state index in [1.54, 1.807) is 6.07 Å². The quantitative estimate of drug-likeness (QED) is 0.817. The topological polar surface area (TPSA) is 47.3 Å². The molecule has 3 rings (SSSR count). The van der Waals surface area contributed by atoms with Gasteiger partial charge in [-0.2, -0.15) is 0 Å². The third kappa shape index (κ3) is 2.92. The molecule has 2 aromatic heterocycles. The van der Waals surface area contributed by atoms with Gasteiger partial charge >= 0.3 is 0 Å². The van der Waals surface area contributed by atoms with Crippen LogP contribution in [-0.4, -0.2) is 28.6 Å². The number of aromatic nitrogens is 2. The largest absolute Gasteiger partial charge is 0.506 e. The average molecular weight is 333 g/mol. The molecule has 0 atom stereocenters. The zero-order valence-corrected chi connectivity index (χ0v) is 16.1. The molecule has 1 fully saturated rings. The van der Waals surface area contributed by atoms with Gasteiger partial charge in [0.1, 0.15) is 11.4 Å². The average Bonchev–Trinajstić information content (AvgIpc) is 2.76. The minimum atomic E-state index is -1.74. The smallest absolute Gasteiger partial charge is 0.192 e. The number of nitrogens with zero attached hydrogens (tertiary/aromatic N) is 2. The molecule has 2 aromatic rings. The van der Waals surface area contributed by atoms with Crippen molar-refractivity contribution in [3.8, 4) is 5.75 Å². The van der Waals surface area contributed by atoms with E-state index in [-0.39, 0.29) is 16.4 Å². The Morgan fingerprint density at radius 1 is 1.35 bits per heavy atom. The summed E-state index contributed by atoms with van der Waals surface area (Å²) < 4.78 is 8.88. The second-order valence-electron chi connectivity index (χ2n) is 8.70. The van der Waals surface area contributed by atoms with Crippen molar-refractivity contribution in [3.05, 3.63) is 24.5 Å². The molecule has 126 valence electrons. The van der Waals surface area contributed by atoms with Gasteiger partial charge in [0.25, 0.3) is 0 Å². The van der Waals surface area contributed by atoms with E-state index in [0.29, 0.717) is 6.04 Å². The molecule has 0 radical (unpaired) electrons. The standard InChI is InChI=1S/C18H28N2O2Si/c1-17(2,3)23(5,6)22-18(4)10-14(11-18)20-8-7-13-9-15(21)12-19-16(13)20/h7-9,12,14,21H,10-11H2,1-6H3/t14-,18+. The summed E-state index contributed by atoms with van der Waals surface area (Å²) in [4.78, 5) is 4.39. The van der Waals surface area contributed by atoms with E-state index < -0.39 is 8.32 Å². The lowest BCUT2D eigenvalue weighted by Gasteiger charge is -2.52. The van der Waals surface area contributed by atoms with Gasteiger partial charge in [-0.1, -0.05) is 20.8 Å². The molecule has 2 heterocycles. The number of rotatable bonds is 3. The minimum absolute atomic E-state index is 0.0266. The molecule has 0 bridgehead atoms. The maximum Gasteiger partial charge on any atom is 0.192 e. The normalized spacial score (nSPS) is 25.6. The lowest BCUT2D eigenvalue weighted by atomic mass is 9.77. The molecule has 0 spiro atoms. The lowest BCUT2D eigenvalue weighted by molar-refractivity contribution is -0.0377. The van der Waals surface area contributed by atoms with Crippen molar-refractivity contribution in [2.24, 2.45) is 0 Å². The van der Waals surface area contributed by atoms with Gasteiger partial charge in [-0.15, -0.1) is 0 Å². The van der Waals surface area contributed by atoms with Gasteiger partial charge in [0.15, 0.2) is 8.32 Å². The first-order valence-electron chi connectivity index (χ1n) is 8.37. The highest BCUT2D eigenvalue weighted by atomic mass is 28.4. The van der Waals surface area contributed by atoms with E-state index in [9.17, 15) is 5.11 Å². The molecular weight excluding hydrogens is 304 g/mol. The van der Waals surface area contributed by atoms with Crippen molar-refractivity contribution in [3.63, 3.8) is 0 Å². The molecule has 0 saturated heterocycles. The molecule has 1 aliphatic carbocycles. The van der Waals surface area contributed by atoms with Crippen LogP contribution in [0.3, 0.4) is 0 Å². The lowest BCUT2D eigenvalue weighted by Crippen LogP contribution is -2.54. The van der Waals surface area contributed by atoms with Crippen LogP contribution in [0.25, 0.3) is 11.0 Å². The first kappa shape index (κ1) is 16.5. The van der Waals surface area contributed by atoms with Crippen molar-refractivity contribution in [1.29, 1.82) is 0 Å². The number of aromatic hydroxyl groups is 1. The molecule has 1 aliphatic rings. The summed E-state index contributed by atoms with van der Waals surface area (Å²) in [5.41, 5.74) is 0.920. The Hall–Kier alpha value is -1.33. The highest BCUT2D eigenvalue weighted by Gasteiger charge is 2.49. The number of hydrogen-bond donors (Lipinski definition) is 1. The molecule has 0 unspecified atom stereocenters. The molecule has 1 N–H and O–H groups in total. The van der Waals surface area contributed by atoms with Gasteiger partial charge in [-0.05, 0) is 50.0 Å². The van der Waals surface area contributed by atoms with E-state index in [0.717, 1.165) is 23.9 Å². The number of hydrogen-bond acceptors (Lipinski definition) is 3. The van der Waals surface area contributed by atoms with E-state index >= 15 is 0 Å². The van der Waals surface area contributed by atoms with Crippen molar-refractivity contribution < 1.29 is 9.53 Å². The summed E-state index contributed by atoms with van der Waals surface area (Å²) in [5, 5.41) is 10.8. The highest BCUT2D eigenvalue weighted by Crippen LogP contribution is 2.49. The van der Waals surface area contributed by atoms with Crippen LogP contribution >= 0.6 is 0 Å². The monoisotopic (exact) mass is 332 g/mol. The third-order valence-corrected chi connectivity index (χ3v) is 10.2. The van der Waals surface area contributed by atoms with E-state index in [1.165, 1.54) is 6.20 Å². The van der Waals surface area contributed by atoms with E-state index in [1.807, 2.05) is 6.07 Å². The van der Waals surface area contributed by atoms with Gasteiger partial charge in [-0.3, -0.25) is 0 Å². The summed E-state index contributed by atoms with van der Waals surface area (Å²) in [6.07, 6.45) is 5.63. The zero-order valence-electron chi connectivity index (χ0n) is 15.1. The van der Waals surface area contributed by atoms with E-state index in [4.69, 9.17) is 4.43 Å². The summed E-state index contributed by atoms with van der Waals surface area (Å²) in [5.74, 6) is 0.218. The minimum Gasteiger partial charge on any atom is -0.506 e. The molecule has 0 amide bonds. The summed E-state index contributed by atoms with van der Waals surface area (Å²) in [7, 11) is -1.74. The number of pyridine rings is 1. The van der Waals surface area contributed by atoms with Crippen molar-refractivity contribution in [1.82, 2.24) is 9.55 Å². The molecule has 23 heavy (non-hydrogen) atoms. The maximum absolute atomic E-state index is 9.55. The second-order valence-corrected chi connectivity index (χ2v) is 13.4. The van der Waals surface area contributed by atoms with Crippen molar-refractivity contribution >= 4 is 19.4 Å². The van der Waals surface area contributed by atoms with Crippen LogP contribution in [0.4, 0.5) is 0 Å². The Morgan fingerprint density at radius 3 is 2.61 bits per heavy atom. The predicted octanol–water partition coefficient (Wildman–Crippen LogP) is 4.86. The molecular formula is C18H28N2O2Si. The van der Waals surface area contributed by atoms with Crippen LogP contribution in [0.15, 0.2) is 24.5 Å². The van der Waals surface area contributed by atoms with Crippen LogP contribution in [0.1, 0.15) is 46.6 Å². The fourth-order valence-corrected chi connectivity index (χ4v) is 5.02. The Kier molecular flexibility index (Phi) is 3.65. The Balaban J connectivity index is 1.75. The first-order chi connectivity index (χ1) is 10.5. The molecule has 4 nitrogen and oxygen atoms in total. The van der Waals surface area contributed by atoms with Gasteiger partial charge < -0.3 is 14.1 Å². The zero-order chi connectivity index (χ0) is 17.0. The van der Waals surface area contributed by atoms with Crippen molar-refractivity contribution in [2.75, 3.05) is 0 Å². The Bertz CT molecular complexity index is 724.